The Hall–Kier alpha value is -1.01. The van der Waals surface area contributed by atoms with Crippen LogP contribution in [0.4, 0.5) is 5.69 Å². The minimum atomic E-state index is -3.47. The van der Waals surface area contributed by atoms with Crippen LogP contribution in [0.15, 0.2) is 16.9 Å². The molecule has 0 fully saturated rings. The van der Waals surface area contributed by atoms with Gasteiger partial charge >= 0.3 is 0 Å². The number of fused-ring (bicyclic) bond motifs is 1. The highest BCUT2D eigenvalue weighted by molar-refractivity contribution is 7.95. The predicted octanol–water partition coefficient (Wildman–Crippen LogP) is 1.38. The van der Waals surface area contributed by atoms with Crippen LogP contribution < -0.4 is 4.31 Å². The molecule has 4 nitrogen and oxygen atoms in total. The van der Waals surface area contributed by atoms with Crippen molar-refractivity contribution in [1.82, 2.24) is 0 Å². The minimum Gasteiger partial charge on any atom is -0.506 e. The number of thiophene rings is 1. The van der Waals surface area contributed by atoms with E-state index in [4.69, 9.17) is 0 Å². The van der Waals surface area contributed by atoms with E-state index < -0.39 is 10.0 Å². The zero-order valence-corrected chi connectivity index (χ0v) is 8.39. The smallest absolute Gasteiger partial charge is 0.260 e. The Bertz CT molecular complexity index is 472. The molecule has 0 saturated carbocycles. The molecular weight excluding hydrogens is 210 g/mol. The summed E-state index contributed by atoms with van der Waals surface area (Å²) in [6.45, 7) is 0. The zero-order valence-electron chi connectivity index (χ0n) is 6.76. The molecular formula is C7H7NO3S2. The molecule has 2 heterocycles. The summed E-state index contributed by atoms with van der Waals surface area (Å²) in [4.78, 5) is 0.595. The lowest BCUT2D eigenvalue weighted by atomic mass is 10.3. The molecule has 1 aromatic heterocycles. The highest BCUT2D eigenvalue weighted by Crippen LogP contribution is 2.36. The van der Waals surface area contributed by atoms with Gasteiger partial charge in [0.25, 0.3) is 10.0 Å². The van der Waals surface area contributed by atoms with Gasteiger partial charge in [0.2, 0.25) is 0 Å². The number of nitrogens with zero attached hydrogens (tertiary/aromatic N) is 1. The standard InChI is InChI=1S/C7H7NO3S2/c1-8-5-2-3-12-7(5)6(9)4-13(8,10)11/h2-4,9H,1H3. The normalized spacial score (nSPS) is 19.5. The van der Waals surface area contributed by atoms with E-state index in [1.807, 2.05) is 0 Å². The molecule has 2 rings (SSSR count). The quantitative estimate of drug-likeness (QED) is 0.714. The fourth-order valence-corrected chi connectivity index (χ4v) is 3.11. The van der Waals surface area contributed by atoms with E-state index in [9.17, 15) is 13.5 Å². The van der Waals surface area contributed by atoms with Gasteiger partial charge in [0.1, 0.15) is 5.76 Å². The van der Waals surface area contributed by atoms with E-state index in [0.29, 0.717) is 10.6 Å². The second kappa shape index (κ2) is 2.49. The van der Waals surface area contributed by atoms with Crippen molar-refractivity contribution < 1.29 is 13.5 Å². The van der Waals surface area contributed by atoms with Crippen molar-refractivity contribution in [2.45, 2.75) is 0 Å². The maximum absolute atomic E-state index is 11.3. The van der Waals surface area contributed by atoms with Gasteiger partial charge in [0, 0.05) is 7.05 Å². The molecule has 0 aliphatic carbocycles. The molecule has 0 amide bonds. The first-order valence-corrected chi connectivity index (χ1v) is 5.88. The van der Waals surface area contributed by atoms with E-state index in [1.54, 1.807) is 11.4 Å². The third-order valence-electron chi connectivity index (χ3n) is 1.86. The van der Waals surface area contributed by atoms with Gasteiger partial charge in [-0.2, -0.15) is 0 Å². The molecule has 1 aliphatic rings. The van der Waals surface area contributed by atoms with E-state index in [0.717, 1.165) is 9.71 Å². The Morgan fingerprint density at radius 2 is 2.23 bits per heavy atom. The number of hydrogen-bond acceptors (Lipinski definition) is 4. The summed E-state index contributed by atoms with van der Waals surface area (Å²) >= 11 is 1.31. The Morgan fingerprint density at radius 3 is 2.92 bits per heavy atom. The van der Waals surface area contributed by atoms with Gasteiger partial charge in [0.15, 0.2) is 0 Å². The minimum absolute atomic E-state index is 0.178. The van der Waals surface area contributed by atoms with Gasteiger partial charge in [-0.3, -0.25) is 4.31 Å². The molecule has 0 radical (unpaired) electrons. The van der Waals surface area contributed by atoms with E-state index in [-0.39, 0.29) is 5.76 Å². The monoisotopic (exact) mass is 217 g/mol. The highest BCUT2D eigenvalue weighted by Gasteiger charge is 2.27. The second-order valence-electron chi connectivity index (χ2n) is 2.65. The summed E-state index contributed by atoms with van der Waals surface area (Å²) in [6.07, 6.45) is 0. The van der Waals surface area contributed by atoms with Gasteiger partial charge in [-0.15, -0.1) is 11.3 Å². The van der Waals surface area contributed by atoms with Gasteiger partial charge in [0.05, 0.1) is 16.0 Å². The lowest BCUT2D eigenvalue weighted by molar-refractivity contribution is 0.513. The van der Waals surface area contributed by atoms with E-state index >= 15 is 0 Å². The molecule has 0 atom stereocenters. The van der Waals surface area contributed by atoms with Crippen molar-refractivity contribution in [3.8, 4) is 0 Å². The molecule has 70 valence electrons. The van der Waals surface area contributed by atoms with Gasteiger partial charge < -0.3 is 5.11 Å². The third-order valence-corrected chi connectivity index (χ3v) is 4.27. The van der Waals surface area contributed by atoms with Crippen molar-refractivity contribution in [3.05, 3.63) is 21.7 Å². The van der Waals surface area contributed by atoms with Crippen molar-refractivity contribution in [1.29, 1.82) is 0 Å². The Labute approximate surface area is 79.8 Å². The van der Waals surface area contributed by atoms with Crippen LogP contribution in [0, 0.1) is 0 Å². The van der Waals surface area contributed by atoms with Crippen molar-refractivity contribution in [2.75, 3.05) is 11.4 Å². The number of rotatable bonds is 0. The van der Waals surface area contributed by atoms with Crippen LogP contribution in [0.3, 0.4) is 0 Å². The summed E-state index contributed by atoms with van der Waals surface area (Å²) in [5.74, 6) is -0.178. The number of aliphatic hydroxyl groups excluding tert-OH is 1. The summed E-state index contributed by atoms with van der Waals surface area (Å²) < 4.78 is 23.8. The van der Waals surface area contributed by atoms with Crippen LogP contribution in [0.2, 0.25) is 0 Å². The van der Waals surface area contributed by atoms with Crippen LogP contribution in [-0.4, -0.2) is 20.6 Å². The lowest BCUT2D eigenvalue weighted by Gasteiger charge is -2.21. The van der Waals surface area contributed by atoms with Gasteiger partial charge in [-0.05, 0) is 11.4 Å². The Balaban J connectivity index is 2.74. The Kier molecular flexibility index (Phi) is 1.64. The number of aliphatic hydroxyl groups is 1. The van der Waals surface area contributed by atoms with E-state index in [1.165, 1.54) is 18.4 Å². The Morgan fingerprint density at radius 1 is 1.54 bits per heavy atom. The van der Waals surface area contributed by atoms with Gasteiger partial charge in [-0.25, -0.2) is 8.42 Å². The fourth-order valence-electron chi connectivity index (χ4n) is 1.15. The molecule has 1 aromatic rings. The third kappa shape index (κ3) is 1.13. The predicted molar refractivity (Wildman–Crippen MR) is 52.2 cm³/mol. The van der Waals surface area contributed by atoms with Crippen LogP contribution in [0.5, 0.6) is 0 Å². The molecule has 13 heavy (non-hydrogen) atoms. The van der Waals surface area contributed by atoms with Crippen LogP contribution in [0.25, 0.3) is 5.76 Å². The molecule has 0 unspecified atom stereocenters. The average Bonchev–Trinajstić information content (AvgIpc) is 2.47. The molecule has 0 aromatic carbocycles. The first kappa shape index (κ1) is 8.58. The number of anilines is 1. The van der Waals surface area contributed by atoms with Crippen molar-refractivity contribution in [2.24, 2.45) is 0 Å². The fraction of sp³-hybridized carbons (Fsp3) is 0.143. The first-order chi connectivity index (χ1) is 6.02. The second-order valence-corrected chi connectivity index (χ2v) is 5.38. The van der Waals surface area contributed by atoms with Crippen LogP contribution >= 0.6 is 11.3 Å². The van der Waals surface area contributed by atoms with E-state index in [2.05, 4.69) is 0 Å². The summed E-state index contributed by atoms with van der Waals surface area (Å²) in [5.41, 5.74) is 0.532. The molecule has 1 N–H and O–H groups in total. The maximum Gasteiger partial charge on any atom is 0.260 e. The average molecular weight is 217 g/mol. The largest absolute Gasteiger partial charge is 0.506 e. The molecule has 6 heteroatoms. The molecule has 0 bridgehead atoms. The SMILES string of the molecule is CN1c2ccsc2C(O)=CS1(=O)=O. The summed E-state index contributed by atoms with van der Waals surface area (Å²) in [6, 6.07) is 1.67. The van der Waals surface area contributed by atoms with Crippen LogP contribution in [0.1, 0.15) is 4.88 Å². The van der Waals surface area contributed by atoms with Gasteiger partial charge in [-0.1, -0.05) is 0 Å². The zero-order chi connectivity index (χ0) is 9.64. The molecule has 0 saturated heterocycles. The number of hydrogen-bond donors (Lipinski definition) is 1. The summed E-state index contributed by atoms with van der Waals surface area (Å²) in [7, 11) is -2.00. The lowest BCUT2D eigenvalue weighted by Crippen LogP contribution is -2.27. The van der Waals surface area contributed by atoms with Crippen molar-refractivity contribution in [3.63, 3.8) is 0 Å². The maximum atomic E-state index is 11.3. The number of sulfonamides is 1. The highest BCUT2D eigenvalue weighted by atomic mass is 32.2. The molecule has 0 spiro atoms. The van der Waals surface area contributed by atoms with Crippen molar-refractivity contribution >= 4 is 32.8 Å². The first-order valence-electron chi connectivity index (χ1n) is 3.50. The summed E-state index contributed by atoms with van der Waals surface area (Å²) in [5, 5.41) is 12.0. The topological polar surface area (TPSA) is 57.6 Å². The molecule has 1 aliphatic heterocycles. The van der Waals surface area contributed by atoms with Crippen LogP contribution in [-0.2, 0) is 10.0 Å².